The zero-order valence-electron chi connectivity index (χ0n) is 16.3. The molecular weight excluding hydrogens is 437 g/mol. The molecule has 1 aliphatic heterocycles. The van der Waals surface area contributed by atoms with Gasteiger partial charge in [0.2, 0.25) is 5.95 Å². The van der Waals surface area contributed by atoms with Gasteiger partial charge in [-0.3, -0.25) is 0 Å². The number of hydrogen-bond donors (Lipinski definition) is 0. The average Bonchev–Trinajstić information content (AvgIpc) is 3.31. The minimum Gasteiger partial charge on any atom is -0.378 e. The van der Waals surface area contributed by atoms with Crippen LogP contribution in [0.3, 0.4) is 0 Å². The maximum atomic E-state index is 6.31. The van der Waals surface area contributed by atoms with Gasteiger partial charge in [-0.2, -0.15) is 4.68 Å². The van der Waals surface area contributed by atoms with Crippen LogP contribution >= 0.6 is 23.2 Å². The van der Waals surface area contributed by atoms with Crippen LogP contribution in [0.1, 0.15) is 0 Å². The van der Waals surface area contributed by atoms with Gasteiger partial charge in [-0.05, 0) is 34.7 Å². The van der Waals surface area contributed by atoms with E-state index < -0.39 is 0 Å². The van der Waals surface area contributed by atoms with Gasteiger partial charge in [0.1, 0.15) is 0 Å². The molecule has 156 valence electrons. The molecule has 10 heteroatoms. The molecule has 0 atom stereocenters. The van der Waals surface area contributed by atoms with Crippen molar-refractivity contribution in [1.82, 2.24) is 30.2 Å². The van der Waals surface area contributed by atoms with Crippen molar-refractivity contribution in [3.8, 4) is 28.3 Å². The molecule has 1 fully saturated rings. The van der Waals surface area contributed by atoms with E-state index in [4.69, 9.17) is 32.9 Å². The van der Waals surface area contributed by atoms with Crippen molar-refractivity contribution >= 4 is 29.2 Å². The Balaban J connectivity index is 1.67. The van der Waals surface area contributed by atoms with Crippen LogP contribution in [-0.4, -0.2) is 56.5 Å². The molecule has 0 bridgehead atoms. The van der Waals surface area contributed by atoms with Crippen molar-refractivity contribution in [1.29, 1.82) is 0 Å². The van der Waals surface area contributed by atoms with Gasteiger partial charge in [-0.25, -0.2) is 9.97 Å². The molecule has 8 nitrogen and oxygen atoms in total. The molecule has 0 N–H and O–H groups in total. The molecule has 4 aromatic rings. The first kappa shape index (κ1) is 19.9. The van der Waals surface area contributed by atoms with Gasteiger partial charge in [0.25, 0.3) is 0 Å². The highest BCUT2D eigenvalue weighted by Gasteiger charge is 2.21. The minimum atomic E-state index is 0.444. The summed E-state index contributed by atoms with van der Waals surface area (Å²) in [4.78, 5) is 11.6. The summed E-state index contributed by atoms with van der Waals surface area (Å²) in [5.41, 5.74) is 2.98. The number of rotatable bonds is 4. The number of hydrogen-bond acceptors (Lipinski definition) is 7. The fraction of sp³-hybridized carbons (Fsp3) is 0.190. The molecule has 0 aliphatic carbocycles. The number of ether oxygens (including phenoxy) is 1. The number of nitrogens with zero attached hydrogens (tertiary/aromatic N) is 7. The number of aromatic nitrogens is 6. The van der Waals surface area contributed by atoms with Gasteiger partial charge in [-0.1, -0.05) is 47.5 Å². The van der Waals surface area contributed by atoms with Crippen LogP contribution < -0.4 is 4.90 Å². The van der Waals surface area contributed by atoms with Crippen molar-refractivity contribution in [3.05, 3.63) is 64.8 Å². The monoisotopic (exact) mass is 453 g/mol. The molecule has 5 rings (SSSR count). The molecular formula is C21H17Cl2N7O. The van der Waals surface area contributed by atoms with Crippen LogP contribution in [0.5, 0.6) is 0 Å². The third-order valence-corrected chi connectivity index (χ3v) is 5.71. The highest BCUT2D eigenvalue weighted by Crippen LogP contribution is 2.34. The maximum Gasteiger partial charge on any atom is 0.226 e. The summed E-state index contributed by atoms with van der Waals surface area (Å²) in [6.07, 6.45) is 1.75. The highest BCUT2D eigenvalue weighted by molar-refractivity contribution is 6.42. The lowest BCUT2D eigenvalue weighted by molar-refractivity contribution is 0.122. The summed E-state index contributed by atoms with van der Waals surface area (Å²) in [5, 5.41) is 13.2. The van der Waals surface area contributed by atoms with Gasteiger partial charge in [0, 0.05) is 24.8 Å². The lowest BCUT2D eigenvalue weighted by atomic mass is 10.1. The molecule has 0 spiro atoms. The van der Waals surface area contributed by atoms with Crippen molar-refractivity contribution in [3.63, 3.8) is 0 Å². The molecule has 2 aromatic carbocycles. The van der Waals surface area contributed by atoms with Crippen LogP contribution in [0.4, 0.5) is 5.95 Å². The molecule has 0 amide bonds. The Kier molecular flexibility index (Phi) is 5.50. The molecule has 1 aliphatic rings. The fourth-order valence-electron chi connectivity index (χ4n) is 3.41. The number of tetrazole rings is 1. The topological polar surface area (TPSA) is 81.8 Å². The van der Waals surface area contributed by atoms with Crippen molar-refractivity contribution in [2.75, 3.05) is 31.2 Å². The van der Waals surface area contributed by atoms with E-state index >= 15 is 0 Å². The lowest BCUT2D eigenvalue weighted by Crippen LogP contribution is -2.37. The molecule has 3 heterocycles. The molecule has 0 unspecified atom stereocenters. The van der Waals surface area contributed by atoms with E-state index in [0.717, 1.165) is 24.3 Å². The SMILES string of the molecule is Clc1ccc(-c2nc(N3CCOCC3)ncc2-c2nnnn2-c2ccccc2)cc1Cl. The predicted molar refractivity (Wildman–Crippen MR) is 119 cm³/mol. The highest BCUT2D eigenvalue weighted by atomic mass is 35.5. The van der Waals surface area contributed by atoms with E-state index in [1.165, 1.54) is 0 Å². The first-order chi connectivity index (χ1) is 15.2. The molecule has 0 saturated carbocycles. The van der Waals surface area contributed by atoms with Crippen LogP contribution in [0.2, 0.25) is 10.0 Å². The molecule has 2 aromatic heterocycles. The first-order valence-corrected chi connectivity index (χ1v) is 10.5. The standard InChI is InChI=1S/C21H17Cl2N7O/c22-17-7-6-14(12-18(17)23)19-16(13-24-21(25-19)29-8-10-31-11-9-29)20-26-27-28-30(20)15-4-2-1-3-5-15/h1-7,12-13H,8-11H2. The van der Waals surface area contributed by atoms with E-state index in [9.17, 15) is 0 Å². The van der Waals surface area contributed by atoms with E-state index in [2.05, 4.69) is 25.4 Å². The summed E-state index contributed by atoms with van der Waals surface area (Å²) < 4.78 is 7.11. The third-order valence-electron chi connectivity index (χ3n) is 4.97. The van der Waals surface area contributed by atoms with Crippen LogP contribution in [0.15, 0.2) is 54.7 Å². The zero-order valence-corrected chi connectivity index (χ0v) is 17.8. The first-order valence-electron chi connectivity index (χ1n) is 9.70. The van der Waals surface area contributed by atoms with E-state index in [0.29, 0.717) is 46.3 Å². The van der Waals surface area contributed by atoms with Crippen LogP contribution in [-0.2, 0) is 4.74 Å². The Bertz CT molecular complexity index is 1210. The smallest absolute Gasteiger partial charge is 0.226 e. The Labute approximate surface area is 188 Å². The molecule has 0 radical (unpaired) electrons. The maximum absolute atomic E-state index is 6.31. The van der Waals surface area contributed by atoms with Crippen LogP contribution in [0.25, 0.3) is 28.3 Å². The second kappa shape index (κ2) is 8.58. The third kappa shape index (κ3) is 3.97. The summed E-state index contributed by atoms with van der Waals surface area (Å²) in [5.74, 6) is 1.15. The number of benzene rings is 2. The zero-order chi connectivity index (χ0) is 21.2. The van der Waals surface area contributed by atoms with Crippen molar-refractivity contribution < 1.29 is 4.74 Å². The Hall–Kier alpha value is -3.07. The summed E-state index contributed by atoms with van der Waals surface area (Å²) in [6, 6.07) is 15.1. The summed E-state index contributed by atoms with van der Waals surface area (Å²) >= 11 is 12.5. The van der Waals surface area contributed by atoms with Gasteiger partial charge >= 0.3 is 0 Å². The van der Waals surface area contributed by atoms with Gasteiger partial charge in [0.05, 0.1) is 40.2 Å². The second-order valence-electron chi connectivity index (χ2n) is 6.91. The Morgan fingerprint density at radius 3 is 2.52 bits per heavy atom. The van der Waals surface area contributed by atoms with Crippen molar-refractivity contribution in [2.24, 2.45) is 0 Å². The number of halogens is 2. The normalized spacial score (nSPS) is 14.1. The second-order valence-corrected chi connectivity index (χ2v) is 7.72. The minimum absolute atomic E-state index is 0.444. The number of morpholine rings is 1. The fourth-order valence-corrected chi connectivity index (χ4v) is 3.71. The predicted octanol–water partition coefficient (Wildman–Crippen LogP) is 3.93. The van der Waals surface area contributed by atoms with Crippen molar-refractivity contribution in [2.45, 2.75) is 0 Å². The summed E-state index contributed by atoms with van der Waals surface area (Å²) in [7, 11) is 0. The van der Waals surface area contributed by atoms with E-state index in [1.807, 2.05) is 36.4 Å². The average molecular weight is 454 g/mol. The Morgan fingerprint density at radius 1 is 0.935 bits per heavy atom. The largest absolute Gasteiger partial charge is 0.378 e. The van der Waals surface area contributed by atoms with Gasteiger partial charge < -0.3 is 9.64 Å². The number of para-hydroxylation sites is 1. The van der Waals surface area contributed by atoms with Gasteiger partial charge in [0.15, 0.2) is 5.82 Å². The quantitative estimate of drug-likeness (QED) is 0.462. The summed E-state index contributed by atoms with van der Waals surface area (Å²) in [6.45, 7) is 2.72. The lowest BCUT2D eigenvalue weighted by Gasteiger charge is -2.27. The van der Waals surface area contributed by atoms with E-state index in [1.54, 1.807) is 23.0 Å². The van der Waals surface area contributed by atoms with Gasteiger partial charge in [-0.15, -0.1) is 5.10 Å². The molecule has 31 heavy (non-hydrogen) atoms. The van der Waals surface area contributed by atoms with E-state index in [-0.39, 0.29) is 0 Å². The molecule has 1 saturated heterocycles. The van der Waals surface area contributed by atoms with Crippen LogP contribution in [0, 0.1) is 0 Å². The Morgan fingerprint density at radius 2 is 1.74 bits per heavy atom. The number of anilines is 1.